The minimum absolute atomic E-state index is 0.141. The molecule has 1 fully saturated rings. The zero-order chi connectivity index (χ0) is 17.3. The van der Waals surface area contributed by atoms with E-state index in [9.17, 15) is 9.18 Å². The summed E-state index contributed by atoms with van der Waals surface area (Å²) >= 11 is 0. The van der Waals surface area contributed by atoms with Gasteiger partial charge < -0.3 is 5.73 Å². The maximum absolute atomic E-state index is 14.1. The zero-order valence-electron chi connectivity index (χ0n) is 14.0. The van der Waals surface area contributed by atoms with Crippen molar-refractivity contribution in [2.45, 2.75) is 38.5 Å². The van der Waals surface area contributed by atoms with Gasteiger partial charge in [-0.25, -0.2) is 4.39 Å². The molecule has 0 aliphatic heterocycles. The number of carbonyl (C=O) groups is 1. The number of benzene rings is 1. The number of rotatable bonds is 2. The summed E-state index contributed by atoms with van der Waals surface area (Å²) in [5.74, 6) is -0.649. The van der Waals surface area contributed by atoms with Gasteiger partial charge in [-0.15, -0.1) is 0 Å². The molecule has 4 nitrogen and oxygen atoms in total. The predicted molar refractivity (Wildman–Crippen MR) is 88.6 cm³/mol. The van der Waals surface area contributed by atoms with Crippen molar-refractivity contribution in [1.82, 2.24) is 10.2 Å². The van der Waals surface area contributed by atoms with Crippen molar-refractivity contribution in [2.75, 3.05) is 0 Å². The number of carbonyl (C=O) groups excluding carboxylic acids is 1. The predicted octanol–water partition coefficient (Wildman–Crippen LogP) is 3.17. The van der Waals surface area contributed by atoms with Gasteiger partial charge in [-0.1, -0.05) is 32.9 Å². The number of hydrogen-bond acceptors (Lipinski definition) is 3. The smallest absolute Gasteiger partial charge is 0.221 e. The Labute approximate surface area is 140 Å². The van der Waals surface area contributed by atoms with Gasteiger partial charge in [0, 0.05) is 16.9 Å². The van der Waals surface area contributed by atoms with Crippen molar-refractivity contribution < 1.29 is 9.18 Å². The minimum atomic E-state index is -0.431. The summed E-state index contributed by atoms with van der Waals surface area (Å²) in [6.45, 7) is 6.38. The molecule has 5 heteroatoms. The normalized spacial score (nSPS) is 29.5. The average molecular weight is 325 g/mol. The van der Waals surface area contributed by atoms with Crippen LogP contribution in [0.4, 0.5) is 4.39 Å². The Morgan fingerprint density at radius 1 is 1.25 bits per heavy atom. The molecule has 4 rings (SSSR count). The SMILES string of the molecule is CC1(C)C2CC(C(N)=O)C1(C)c1nnc(-c3ccccc3F)cc12. The quantitative estimate of drug-likeness (QED) is 0.922. The first-order chi connectivity index (χ1) is 11.3. The third kappa shape index (κ3) is 1.65. The lowest BCUT2D eigenvalue weighted by Crippen LogP contribution is -2.43. The molecule has 1 aromatic carbocycles. The third-order valence-electron chi connectivity index (χ3n) is 6.56. The molecule has 1 saturated carbocycles. The second kappa shape index (κ2) is 4.62. The van der Waals surface area contributed by atoms with Crippen LogP contribution in [-0.2, 0) is 10.2 Å². The highest BCUT2D eigenvalue weighted by Crippen LogP contribution is 2.69. The number of nitrogens with two attached hydrogens (primary N) is 1. The number of primary amides is 1. The minimum Gasteiger partial charge on any atom is -0.369 e. The molecule has 1 aromatic heterocycles. The fourth-order valence-electron chi connectivity index (χ4n) is 4.84. The van der Waals surface area contributed by atoms with Gasteiger partial charge in [-0.3, -0.25) is 4.79 Å². The van der Waals surface area contributed by atoms with Crippen molar-refractivity contribution in [3.8, 4) is 11.3 Å². The van der Waals surface area contributed by atoms with Crippen LogP contribution in [0.5, 0.6) is 0 Å². The lowest BCUT2D eigenvalue weighted by molar-refractivity contribution is -0.124. The van der Waals surface area contributed by atoms with Crippen molar-refractivity contribution >= 4 is 5.91 Å². The maximum atomic E-state index is 14.1. The molecule has 24 heavy (non-hydrogen) atoms. The van der Waals surface area contributed by atoms with Gasteiger partial charge in [0.25, 0.3) is 0 Å². The van der Waals surface area contributed by atoms with Gasteiger partial charge >= 0.3 is 0 Å². The number of aromatic nitrogens is 2. The van der Waals surface area contributed by atoms with Crippen LogP contribution in [0.2, 0.25) is 0 Å². The summed E-state index contributed by atoms with van der Waals surface area (Å²) in [5.41, 5.74) is 7.98. The van der Waals surface area contributed by atoms with Crippen LogP contribution in [0, 0.1) is 17.2 Å². The Kier molecular flexibility index (Phi) is 2.93. The second-order valence-electron chi connectivity index (χ2n) is 7.68. The van der Waals surface area contributed by atoms with E-state index in [-0.39, 0.29) is 29.0 Å². The number of halogens is 1. The monoisotopic (exact) mass is 325 g/mol. The lowest BCUT2D eigenvalue weighted by atomic mass is 9.66. The van der Waals surface area contributed by atoms with E-state index in [4.69, 9.17) is 5.73 Å². The molecule has 2 bridgehead atoms. The number of hydrogen-bond donors (Lipinski definition) is 1. The molecule has 0 spiro atoms. The highest BCUT2D eigenvalue weighted by molar-refractivity contribution is 5.81. The summed E-state index contributed by atoms with van der Waals surface area (Å²) in [6.07, 6.45) is 0.717. The van der Waals surface area contributed by atoms with Gasteiger partial charge in [0.15, 0.2) is 0 Å². The van der Waals surface area contributed by atoms with Crippen LogP contribution >= 0.6 is 0 Å². The Morgan fingerprint density at radius 2 is 1.96 bits per heavy atom. The first-order valence-electron chi connectivity index (χ1n) is 8.20. The van der Waals surface area contributed by atoms with E-state index in [1.807, 2.05) is 6.07 Å². The molecule has 2 N–H and O–H groups in total. The molecule has 2 aliphatic rings. The molecule has 1 heterocycles. The van der Waals surface area contributed by atoms with Gasteiger partial charge in [0.2, 0.25) is 5.91 Å². The van der Waals surface area contributed by atoms with E-state index in [0.29, 0.717) is 17.7 Å². The second-order valence-corrected chi connectivity index (χ2v) is 7.68. The molecule has 3 atom stereocenters. The Balaban J connectivity index is 1.89. The highest BCUT2D eigenvalue weighted by atomic mass is 19.1. The van der Waals surface area contributed by atoms with E-state index in [1.54, 1.807) is 18.2 Å². The van der Waals surface area contributed by atoms with E-state index >= 15 is 0 Å². The van der Waals surface area contributed by atoms with E-state index < -0.39 is 5.41 Å². The first kappa shape index (κ1) is 15.2. The van der Waals surface area contributed by atoms with E-state index in [0.717, 1.165) is 11.3 Å². The van der Waals surface area contributed by atoms with E-state index in [2.05, 4.69) is 31.0 Å². The first-order valence-corrected chi connectivity index (χ1v) is 8.20. The zero-order valence-corrected chi connectivity index (χ0v) is 14.0. The molecule has 1 amide bonds. The van der Waals surface area contributed by atoms with Gasteiger partial charge in [0.05, 0.1) is 11.4 Å². The van der Waals surface area contributed by atoms with Crippen LogP contribution in [0.1, 0.15) is 44.4 Å². The Bertz CT molecular complexity index is 863. The molecule has 0 radical (unpaired) electrons. The maximum Gasteiger partial charge on any atom is 0.221 e. The standard InChI is InChI=1S/C19H20FN3O/c1-18(2)12-9-13(17(21)24)19(18,3)16-11(12)8-15(22-23-16)10-6-4-5-7-14(10)20/h4-8,12-13H,9H2,1-3H3,(H2,21,24). The molecule has 3 unspecified atom stereocenters. The Morgan fingerprint density at radius 3 is 2.62 bits per heavy atom. The van der Waals surface area contributed by atoms with Crippen LogP contribution in [0.25, 0.3) is 11.3 Å². The molecule has 124 valence electrons. The molecule has 2 aliphatic carbocycles. The van der Waals surface area contributed by atoms with Gasteiger partial charge in [0.1, 0.15) is 5.82 Å². The molecule has 0 saturated heterocycles. The number of amides is 1. The van der Waals surface area contributed by atoms with Crippen molar-refractivity contribution in [3.63, 3.8) is 0 Å². The van der Waals surface area contributed by atoms with Crippen LogP contribution < -0.4 is 5.73 Å². The lowest BCUT2D eigenvalue weighted by Gasteiger charge is -2.37. The highest BCUT2D eigenvalue weighted by Gasteiger charge is 2.67. The van der Waals surface area contributed by atoms with Crippen molar-refractivity contribution in [2.24, 2.45) is 17.1 Å². The molecule has 2 aromatic rings. The Hall–Kier alpha value is -2.30. The summed E-state index contributed by atoms with van der Waals surface area (Å²) in [7, 11) is 0. The van der Waals surface area contributed by atoms with Crippen LogP contribution in [-0.4, -0.2) is 16.1 Å². The largest absolute Gasteiger partial charge is 0.369 e. The van der Waals surface area contributed by atoms with Crippen molar-refractivity contribution in [3.05, 3.63) is 47.4 Å². The number of nitrogens with zero attached hydrogens (tertiary/aromatic N) is 2. The summed E-state index contributed by atoms with van der Waals surface area (Å²) in [6, 6.07) is 8.51. The fraction of sp³-hybridized carbons (Fsp3) is 0.421. The summed E-state index contributed by atoms with van der Waals surface area (Å²) < 4.78 is 14.1. The van der Waals surface area contributed by atoms with Crippen molar-refractivity contribution in [1.29, 1.82) is 0 Å². The van der Waals surface area contributed by atoms with Crippen LogP contribution in [0.3, 0.4) is 0 Å². The summed E-state index contributed by atoms with van der Waals surface area (Å²) in [4.78, 5) is 12.0. The average Bonchev–Trinajstić information content (AvgIpc) is 2.84. The van der Waals surface area contributed by atoms with E-state index in [1.165, 1.54) is 6.07 Å². The topological polar surface area (TPSA) is 68.9 Å². The summed E-state index contributed by atoms with van der Waals surface area (Å²) in [5, 5.41) is 8.70. The molecular weight excluding hydrogens is 305 g/mol. The van der Waals surface area contributed by atoms with Gasteiger partial charge in [-0.05, 0) is 41.5 Å². The third-order valence-corrected chi connectivity index (χ3v) is 6.56. The van der Waals surface area contributed by atoms with Gasteiger partial charge in [-0.2, -0.15) is 10.2 Å². The molecular formula is C19H20FN3O. The fourth-order valence-corrected chi connectivity index (χ4v) is 4.84. The van der Waals surface area contributed by atoms with Crippen LogP contribution in [0.15, 0.2) is 30.3 Å². The number of fused-ring (bicyclic) bond motifs is 5.